The van der Waals surface area contributed by atoms with Crippen molar-refractivity contribution >= 4 is 18.0 Å². The Kier molecular flexibility index (Phi) is 7.09. The Labute approximate surface area is 167 Å². The summed E-state index contributed by atoms with van der Waals surface area (Å²) in [5.74, 6) is 0.181. The Morgan fingerprint density at radius 3 is 2.45 bits per heavy atom. The Bertz CT molecular complexity index is 726. The summed E-state index contributed by atoms with van der Waals surface area (Å²) in [7, 11) is 0. The van der Waals surface area contributed by atoms with E-state index in [2.05, 4.69) is 20.3 Å². The first-order valence-electron chi connectivity index (χ1n) is 9.12. The largest absolute Gasteiger partial charge is 0.444 e. The van der Waals surface area contributed by atoms with Crippen LogP contribution in [0.4, 0.5) is 23.9 Å². The Balaban J connectivity index is 1.76. The van der Waals surface area contributed by atoms with E-state index >= 15 is 0 Å². The summed E-state index contributed by atoms with van der Waals surface area (Å²) in [6.45, 7) is 7.83. The second kappa shape index (κ2) is 9.14. The normalized spacial score (nSPS) is 16.0. The fraction of sp³-hybridized carbons (Fsp3) is 0.647. The number of aliphatic imine (C=N–C) groups is 1. The van der Waals surface area contributed by atoms with Gasteiger partial charge in [-0.2, -0.15) is 13.2 Å². The predicted octanol–water partition coefficient (Wildman–Crippen LogP) is 1.77. The van der Waals surface area contributed by atoms with Crippen LogP contribution in [0.2, 0.25) is 0 Å². The minimum Gasteiger partial charge on any atom is -0.444 e. The van der Waals surface area contributed by atoms with Gasteiger partial charge in [-0.25, -0.2) is 14.8 Å². The highest BCUT2D eigenvalue weighted by atomic mass is 19.4. The predicted molar refractivity (Wildman–Crippen MR) is 101 cm³/mol. The summed E-state index contributed by atoms with van der Waals surface area (Å²) in [6, 6.07) is 0.804. The van der Waals surface area contributed by atoms with Crippen molar-refractivity contribution in [3.8, 4) is 0 Å². The molecule has 3 N–H and O–H groups in total. The number of carbonyl (C=O) groups is 1. The quantitative estimate of drug-likeness (QED) is 0.437. The summed E-state index contributed by atoms with van der Waals surface area (Å²) in [5, 5.41) is 2.69. The highest BCUT2D eigenvalue weighted by Crippen LogP contribution is 2.27. The Morgan fingerprint density at radius 1 is 1.24 bits per heavy atom. The second-order valence-corrected chi connectivity index (χ2v) is 7.38. The number of guanidine groups is 1. The molecule has 0 aliphatic carbocycles. The van der Waals surface area contributed by atoms with E-state index in [0.717, 1.165) is 12.3 Å². The molecule has 0 bridgehead atoms. The van der Waals surface area contributed by atoms with Crippen molar-refractivity contribution in [3.05, 3.63) is 18.0 Å². The maximum absolute atomic E-state index is 12.6. The van der Waals surface area contributed by atoms with Gasteiger partial charge >= 0.3 is 12.3 Å². The van der Waals surface area contributed by atoms with Gasteiger partial charge in [0.2, 0.25) is 5.95 Å². The van der Waals surface area contributed by atoms with E-state index < -0.39 is 17.5 Å². The van der Waals surface area contributed by atoms with Gasteiger partial charge in [-0.3, -0.25) is 4.99 Å². The lowest BCUT2D eigenvalue weighted by Gasteiger charge is -2.36. The van der Waals surface area contributed by atoms with Crippen molar-refractivity contribution in [3.63, 3.8) is 0 Å². The number of anilines is 1. The average molecular weight is 417 g/mol. The van der Waals surface area contributed by atoms with Crippen LogP contribution in [0.25, 0.3) is 0 Å². The molecule has 0 aromatic carbocycles. The van der Waals surface area contributed by atoms with Crippen molar-refractivity contribution < 1.29 is 22.7 Å². The number of amides is 1. The number of alkyl halides is 3. The summed E-state index contributed by atoms with van der Waals surface area (Å²) in [5.41, 5.74) is 4.40. The van der Waals surface area contributed by atoms with E-state index in [-0.39, 0.29) is 25.1 Å². The molecule has 0 radical (unpaired) electrons. The van der Waals surface area contributed by atoms with E-state index in [1.165, 1.54) is 0 Å². The van der Waals surface area contributed by atoms with Crippen molar-refractivity contribution in [2.45, 2.75) is 32.5 Å². The Morgan fingerprint density at radius 2 is 1.86 bits per heavy atom. The van der Waals surface area contributed by atoms with E-state index in [9.17, 15) is 18.0 Å². The first-order valence-corrected chi connectivity index (χ1v) is 9.12. The van der Waals surface area contributed by atoms with Gasteiger partial charge in [0, 0.05) is 38.9 Å². The zero-order valence-corrected chi connectivity index (χ0v) is 16.7. The third-order valence-corrected chi connectivity index (χ3v) is 3.87. The third-order valence-electron chi connectivity index (χ3n) is 3.87. The lowest BCUT2D eigenvalue weighted by Crippen LogP contribution is -2.53. The zero-order valence-electron chi connectivity index (χ0n) is 16.7. The molecule has 1 amide bonds. The smallest absolute Gasteiger partial charge is 0.433 e. The van der Waals surface area contributed by atoms with Gasteiger partial charge in [-0.15, -0.1) is 0 Å². The summed E-state index contributed by atoms with van der Waals surface area (Å²) >= 11 is 0. The van der Waals surface area contributed by atoms with Crippen LogP contribution >= 0.6 is 0 Å². The van der Waals surface area contributed by atoms with E-state index in [4.69, 9.17) is 10.5 Å². The van der Waals surface area contributed by atoms with Crippen LogP contribution in [0.1, 0.15) is 26.5 Å². The van der Waals surface area contributed by atoms with Gasteiger partial charge in [0.1, 0.15) is 11.3 Å². The lowest BCUT2D eigenvalue weighted by molar-refractivity contribution is -0.141. The van der Waals surface area contributed by atoms with Gasteiger partial charge in [0.25, 0.3) is 0 Å². The van der Waals surface area contributed by atoms with Crippen molar-refractivity contribution in [2.75, 3.05) is 44.6 Å². The molecular weight excluding hydrogens is 391 g/mol. The number of nitrogens with zero attached hydrogens (tertiary/aromatic N) is 5. The number of halogens is 3. The molecule has 1 aliphatic heterocycles. The molecule has 162 valence electrons. The highest BCUT2D eigenvalue weighted by Gasteiger charge is 2.32. The molecule has 1 aromatic heterocycles. The fourth-order valence-corrected chi connectivity index (χ4v) is 2.48. The molecule has 1 aromatic rings. The molecule has 0 spiro atoms. The molecule has 12 heteroatoms. The third kappa shape index (κ3) is 7.27. The number of carbonyl (C=O) groups excluding carboxylic acids is 1. The number of nitrogens with one attached hydrogen (secondary N) is 1. The van der Waals surface area contributed by atoms with E-state index in [0.29, 0.717) is 32.1 Å². The van der Waals surface area contributed by atoms with Gasteiger partial charge in [-0.05, 0) is 26.8 Å². The zero-order chi connectivity index (χ0) is 21.7. The molecule has 29 heavy (non-hydrogen) atoms. The standard InChI is InChI=1S/C17H26F3N7O2/c1-16(2,3)29-15(28)27-10-8-26(9-11-27)13(21)22-6-7-24-14-23-5-4-12(25-14)17(18,19)20/h4-5H,6-11H2,1-3H3,(H2,21,22)(H,23,24,25). The number of nitrogens with two attached hydrogens (primary N) is 1. The SMILES string of the molecule is CC(C)(C)OC(=O)N1CCN(C(N)=NCCNc2nccc(C(F)(F)F)n2)CC1. The van der Waals surface area contributed by atoms with Crippen LogP contribution in [0.15, 0.2) is 17.3 Å². The first-order chi connectivity index (χ1) is 13.5. The van der Waals surface area contributed by atoms with E-state index in [1.54, 1.807) is 4.90 Å². The number of hydrogen-bond donors (Lipinski definition) is 2. The summed E-state index contributed by atoms with van der Waals surface area (Å²) in [4.78, 5) is 26.9. The number of ether oxygens (including phenoxy) is 1. The molecule has 0 atom stereocenters. The van der Waals surface area contributed by atoms with Crippen LogP contribution in [0, 0.1) is 0 Å². The summed E-state index contributed by atoms with van der Waals surface area (Å²) < 4.78 is 43.2. The number of piperazine rings is 1. The number of rotatable bonds is 4. The number of hydrogen-bond acceptors (Lipinski definition) is 6. The molecule has 1 saturated heterocycles. The van der Waals surface area contributed by atoms with E-state index in [1.807, 2.05) is 25.7 Å². The van der Waals surface area contributed by atoms with Crippen LogP contribution in [0.3, 0.4) is 0 Å². The van der Waals surface area contributed by atoms with Crippen LogP contribution in [-0.4, -0.2) is 76.7 Å². The summed E-state index contributed by atoms with van der Waals surface area (Å²) in [6.07, 6.45) is -3.85. The van der Waals surface area contributed by atoms with Crippen molar-refractivity contribution in [1.29, 1.82) is 0 Å². The van der Waals surface area contributed by atoms with Crippen LogP contribution < -0.4 is 11.1 Å². The minimum atomic E-state index is -4.52. The maximum Gasteiger partial charge on any atom is 0.433 e. The number of aromatic nitrogens is 2. The van der Waals surface area contributed by atoms with Gasteiger partial charge < -0.3 is 25.6 Å². The topological polar surface area (TPSA) is 109 Å². The lowest BCUT2D eigenvalue weighted by atomic mass is 10.2. The van der Waals surface area contributed by atoms with Crippen LogP contribution in [0.5, 0.6) is 0 Å². The Hall–Kier alpha value is -2.79. The van der Waals surface area contributed by atoms with Gasteiger partial charge in [0.15, 0.2) is 5.96 Å². The average Bonchev–Trinajstić information content (AvgIpc) is 2.63. The fourth-order valence-electron chi connectivity index (χ4n) is 2.48. The maximum atomic E-state index is 12.6. The first kappa shape index (κ1) is 22.5. The molecule has 2 heterocycles. The van der Waals surface area contributed by atoms with Gasteiger partial charge in [0.05, 0.1) is 6.54 Å². The molecule has 0 saturated carbocycles. The monoisotopic (exact) mass is 417 g/mol. The molecule has 1 aliphatic rings. The van der Waals surface area contributed by atoms with Gasteiger partial charge in [-0.1, -0.05) is 0 Å². The molecule has 9 nitrogen and oxygen atoms in total. The molecule has 1 fully saturated rings. The second-order valence-electron chi connectivity index (χ2n) is 7.38. The molecule has 2 rings (SSSR count). The minimum absolute atomic E-state index is 0.125. The van der Waals surface area contributed by atoms with Crippen molar-refractivity contribution in [2.24, 2.45) is 10.7 Å². The molecule has 0 unspecified atom stereocenters. The highest BCUT2D eigenvalue weighted by molar-refractivity contribution is 5.78. The van der Waals surface area contributed by atoms with Crippen molar-refractivity contribution in [1.82, 2.24) is 19.8 Å². The molecular formula is C17H26F3N7O2. The van der Waals surface area contributed by atoms with Crippen LogP contribution in [-0.2, 0) is 10.9 Å².